The normalized spacial score (nSPS) is 11.3. The van der Waals surface area contributed by atoms with Crippen LogP contribution in [0, 0.1) is 0 Å². The number of nitrogens with zero attached hydrogens (tertiary/aromatic N) is 3. The average Bonchev–Trinajstić information content (AvgIpc) is 2.64. The Kier molecular flexibility index (Phi) is 3.46. The van der Waals surface area contributed by atoms with E-state index in [1.54, 1.807) is 7.05 Å². The van der Waals surface area contributed by atoms with E-state index in [1.165, 1.54) is 28.2 Å². The van der Waals surface area contributed by atoms with Gasteiger partial charge in [0.05, 0.1) is 5.75 Å². The number of carbonyl (C=O) groups excluding carboxylic acids is 1. The number of amides is 1. The smallest absolute Gasteiger partial charge is 0.326 e. The fourth-order valence-corrected chi connectivity index (χ4v) is 1.57. The van der Waals surface area contributed by atoms with Gasteiger partial charge < -0.3 is 4.90 Å². The maximum absolute atomic E-state index is 11.6. The summed E-state index contributed by atoms with van der Waals surface area (Å²) in [7, 11) is -1.49. The van der Waals surface area contributed by atoms with Crippen molar-refractivity contribution in [1.82, 2.24) is 14.5 Å². The van der Waals surface area contributed by atoms with E-state index in [4.69, 9.17) is 0 Å². The summed E-state index contributed by atoms with van der Waals surface area (Å²) < 4.78 is 23.1. The van der Waals surface area contributed by atoms with Gasteiger partial charge in [-0.15, -0.1) is 0 Å². The molecule has 0 aliphatic rings. The zero-order valence-corrected chi connectivity index (χ0v) is 9.44. The topological polar surface area (TPSA) is 72.3 Å². The first-order valence-electron chi connectivity index (χ1n) is 4.31. The number of hydrogen-bond acceptors (Lipinski definition) is 4. The first kappa shape index (κ1) is 11.7. The molecule has 0 spiro atoms. The van der Waals surface area contributed by atoms with Crippen LogP contribution >= 0.6 is 0 Å². The number of aromatic nitrogens is 2. The zero-order valence-electron chi connectivity index (χ0n) is 8.62. The summed E-state index contributed by atoms with van der Waals surface area (Å²) in [5.41, 5.74) is 0. The Morgan fingerprint density at radius 1 is 1.53 bits per heavy atom. The molecular formula is C8H13N3O3S. The highest BCUT2D eigenvalue weighted by atomic mass is 32.2. The van der Waals surface area contributed by atoms with E-state index < -0.39 is 9.84 Å². The Hall–Kier alpha value is -1.37. The van der Waals surface area contributed by atoms with Gasteiger partial charge in [0, 0.05) is 32.2 Å². The van der Waals surface area contributed by atoms with Crippen LogP contribution in [0.2, 0.25) is 0 Å². The summed E-state index contributed by atoms with van der Waals surface area (Å²) in [6, 6.07) is -0.295. The lowest BCUT2D eigenvalue weighted by Gasteiger charge is -2.16. The molecule has 0 radical (unpaired) electrons. The molecule has 6 nitrogen and oxygen atoms in total. The summed E-state index contributed by atoms with van der Waals surface area (Å²) in [6.45, 7) is 0.176. The number of hydrogen-bond donors (Lipinski definition) is 0. The number of sulfone groups is 1. The van der Waals surface area contributed by atoms with Crippen molar-refractivity contribution < 1.29 is 13.2 Å². The quantitative estimate of drug-likeness (QED) is 0.724. The van der Waals surface area contributed by atoms with Crippen LogP contribution in [0.15, 0.2) is 18.7 Å². The third kappa shape index (κ3) is 3.70. The van der Waals surface area contributed by atoms with E-state index in [0.717, 1.165) is 6.26 Å². The number of rotatable bonds is 3. The molecule has 0 atom stereocenters. The van der Waals surface area contributed by atoms with Gasteiger partial charge in [0.1, 0.15) is 16.2 Å². The highest BCUT2D eigenvalue weighted by Gasteiger charge is 2.12. The van der Waals surface area contributed by atoms with Crippen molar-refractivity contribution in [2.75, 3.05) is 25.6 Å². The SMILES string of the molecule is CN(CCS(C)(=O)=O)C(=O)n1ccnc1. The van der Waals surface area contributed by atoms with Gasteiger partial charge in [-0.05, 0) is 0 Å². The van der Waals surface area contributed by atoms with E-state index in [-0.39, 0.29) is 18.3 Å². The minimum absolute atomic E-state index is 0.0378. The van der Waals surface area contributed by atoms with Crippen LogP contribution in [0.5, 0.6) is 0 Å². The van der Waals surface area contributed by atoms with Crippen LogP contribution in [0.25, 0.3) is 0 Å². The lowest BCUT2D eigenvalue weighted by atomic mass is 10.6. The molecule has 7 heteroatoms. The van der Waals surface area contributed by atoms with Gasteiger partial charge in [-0.2, -0.15) is 0 Å². The van der Waals surface area contributed by atoms with E-state index >= 15 is 0 Å². The van der Waals surface area contributed by atoms with Crippen molar-refractivity contribution in [1.29, 1.82) is 0 Å². The molecule has 0 aliphatic heterocycles. The van der Waals surface area contributed by atoms with Gasteiger partial charge in [-0.25, -0.2) is 18.2 Å². The standard InChI is InChI=1S/C8H13N3O3S/c1-10(5-6-15(2,13)14)8(12)11-4-3-9-7-11/h3-4,7H,5-6H2,1-2H3. The van der Waals surface area contributed by atoms with E-state index in [2.05, 4.69) is 4.98 Å². The largest absolute Gasteiger partial charge is 0.329 e. The van der Waals surface area contributed by atoms with Crippen molar-refractivity contribution in [3.05, 3.63) is 18.7 Å². The molecule has 1 aromatic heterocycles. The summed E-state index contributed by atoms with van der Waals surface area (Å²) in [4.78, 5) is 16.6. The van der Waals surface area contributed by atoms with E-state index in [0.29, 0.717) is 0 Å². The minimum atomic E-state index is -3.04. The summed E-state index contributed by atoms with van der Waals surface area (Å²) in [6.07, 6.45) is 5.52. The summed E-state index contributed by atoms with van der Waals surface area (Å²) in [5.74, 6) is -0.0378. The first-order valence-corrected chi connectivity index (χ1v) is 6.37. The zero-order chi connectivity index (χ0) is 11.5. The van der Waals surface area contributed by atoms with Crippen molar-refractivity contribution >= 4 is 15.9 Å². The fourth-order valence-electron chi connectivity index (χ4n) is 0.968. The molecule has 1 aromatic rings. The molecule has 0 aliphatic carbocycles. The highest BCUT2D eigenvalue weighted by molar-refractivity contribution is 7.90. The molecule has 0 fully saturated rings. The molecule has 0 N–H and O–H groups in total. The van der Waals surface area contributed by atoms with Crippen LogP contribution in [-0.4, -0.2) is 54.5 Å². The van der Waals surface area contributed by atoms with Gasteiger partial charge in [-0.1, -0.05) is 0 Å². The van der Waals surface area contributed by atoms with Gasteiger partial charge >= 0.3 is 6.03 Å². The third-order valence-electron chi connectivity index (χ3n) is 1.85. The molecule has 0 bridgehead atoms. The lowest BCUT2D eigenvalue weighted by Crippen LogP contribution is -2.34. The van der Waals surface area contributed by atoms with Crippen LogP contribution < -0.4 is 0 Å². The monoisotopic (exact) mass is 231 g/mol. The van der Waals surface area contributed by atoms with Crippen molar-refractivity contribution in [2.24, 2.45) is 0 Å². The Balaban J connectivity index is 2.55. The predicted octanol–water partition coefficient (Wildman–Crippen LogP) is -0.172. The summed E-state index contributed by atoms with van der Waals surface area (Å²) in [5, 5.41) is 0. The van der Waals surface area contributed by atoms with Crippen LogP contribution in [-0.2, 0) is 9.84 Å². The van der Waals surface area contributed by atoms with E-state index in [1.807, 2.05) is 0 Å². The van der Waals surface area contributed by atoms with Crippen molar-refractivity contribution in [3.8, 4) is 0 Å². The second kappa shape index (κ2) is 4.43. The summed E-state index contributed by atoms with van der Waals surface area (Å²) >= 11 is 0. The Morgan fingerprint density at radius 2 is 2.20 bits per heavy atom. The molecule has 0 saturated carbocycles. The Morgan fingerprint density at radius 3 is 2.67 bits per heavy atom. The molecule has 15 heavy (non-hydrogen) atoms. The van der Waals surface area contributed by atoms with Gasteiger partial charge in [0.15, 0.2) is 0 Å². The third-order valence-corrected chi connectivity index (χ3v) is 2.77. The van der Waals surface area contributed by atoms with Crippen LogP contribution in [0.4, 0.5) is 4.79 Å². The predicted molar refractivity (Wildman–Crippen MR) is 55.4 cm³/mol. The van der Waals surface area contributed by atoms with Gasteiger partial charge in [-0.3, -0.25) is 4.57 Å². The maximum Gasteiger partial charge on any atom is 0.329 e. The van der Waals surface area contributed by atoms with E-state index in [9.17, 15) is 13.2 Å². The molecule has 1 amide bonds. The van der Waals surface area contributed by atoms with Gasteiger partial charge in [0.25, 0.3) is 0 Å². The average molecular weight is 231 g/mol. The van der Waals surface area contributed by atoms with Crippen molar-refractivity contribution in [3.63, 3.8) is 0 Å². The van der Waals surface area contributed by atoms with Crippen LogP contribution in [0.1, 0.15) is 0 Å². The first-order chi connectivity index (χ1) is 6.90. The maximum atomic E-state index is 11.6. The molecule has 0 aromatic carbocycles. The minimum Gasteiger partial charge on any atom is -0.326 e. The number of imidazole rings is 1. The molecular weight excluding hydrogens is 218 g/mol. The van der Waals surface area contributed by atoms with Crippen molar-refractivity contribution in [2.45, 2.75) is 0 Å². The number of carbonyl (C=O) groups is 1. The Bertz CT molecular complexity index is 424. The Labute approximate surface area is 88.4 Å². The van der Waals surface area contributed by atoms with Crippen LogP contribution in [0.3, 0.4) is 0 Å². The second-order valence-corrected chi connectivity index (χ2v) is 5.56. The molecule has 84 valence electrons. The highest BCUT2D eigenvalue weighted by Crippen LogP contribution is 1.94. The molecule has 1 heterocycles. The second-order valence-electron chi connectivity index (χ2n) is 3.30. The fraction of sp³-hybridized carbons (Fsp3) is 0.500. The van der Waals surface area contributed by atoms with Gasteiger partial charge in [0.2, 0.25) is 0 Å². The molecule has 0 unspecified atom stereocenters. The molecule has 0 saturated heterocycles. The molecule has 1 rings (SSSR count). The lowest BCUT2D eigenvalue weighted by molar-refractivity contribution is 0.213.